The first-order valence-corrected chi connectivity index (χ1v) is 4.68. The van der Waals surface area contributed by atoms with Gasteiger partial charge in [0.05, 0.1) is 4.90 Å². The molecule has 5 heteroatoms. The normalized spacial score (nSPS) is 10.2. The first-order chi connectivity index (χ1) is 5.54. The molecule has 0 saturated carbocycles. The summed E-state index contributed by atoms with van der Waals surface area (Å²) < 4.78 is 29.7. The Hall–Kier alpha value is -0.364. The van der Waals surface area contributed by atoms with E-state index in [4.69, 9.17) is 4.55 Å². The Bertz CT molecular complexity index is 380. The second kappa shape index (κ2) is 4.76. The minimum atomic E-state index is -4.06. The lowest BCUT2D eigenvalue weighted by atomic mass is 10.2. The molecule has 0 radical (unpaired) electrons. The average Bonchev–Trinajstić information content (AvgIpc) is 2.03. The van der Waals surface area contributed by atoms with Gasteiger partial charge in [-0.05, 0) is 17.7 Å². The maximum Gasteiger partial charge on any atom is 0.316 e. The van der Waals surface area contributed by atoms with Crippen LogP contribution in [-0.4, -0.2) is 36.0 Å². The molecule has 13 heavy (non-hydrogen) atoms. The van der Waals surface area contributed by atoms with Crippen molar-refractivity contribution >= 4 is 39.2 Å². The first kappa shape index (κ1) is 12.6. The van der Waals surface area contributed by atoms with Gasteiger partial charge in [-0.15, -0.1) is 0 Å². The molecule has 0 unspecified atom stereocenters. The summed E-state index contributed by atoms with van der Waals surface area (Å²) >= 11 is 0. The van der Waals surface area contributed by atoms with E-state index in [9.17, 15) is 8.42 Å². The smallest absolute Gasteiger partial charge is 0.282 e. The monoisotopic (exact) mass is 210 g/mol. The van der Waals surface area contributed by atoms with Gasteiger partial charge in [0.1, 0.15) is 0 Å². The van der Waals surface area contributed by atoms with E-state index < -0.39 is 10.1 Å². The van der Waals surface area contributed by atoms with Gasteiger partial charge in [-0.25, -0.2) is 0 Å². The van der Waals surface area contributed by atoms with E-state index in [1.807, 2.05) is 0 Å². The Morgan fingerprint density at radius 3 is 2.00 bits per heavy atom. The van der Waals surface area contributed by atoms with Gasteiger partial charge in [0.25, 0.3) is 10.1 Å². The third kappa shape index (κ3) is 3.47. The fraction of sp³-hybridized carbons (Fsp3) is 0. The molecule has 0 amide bonds. The lowest BCUT2D eigenvalue weighted by Gasteiger charge is -1.96. The molecular formula is C8H10MgO3S. The summed E-state index contributed by atoms with van der Waals surface area (Å²) in [6, 6.07) is 5.78. The number of benzene rings is 1. The maximum atomic E-state index is 10.6. The van der Waals surface area contributed by atoms with Crippen molar-refractivity contribution in [1.29, 1.82) is 0 Å². The summed E-state index contributed by atoms with van der Waals surface area (Å²) in [5, 5.41) is 0. The Balaban J connectivity index is 0.00000144. The van der Waals surface area contributed by atoms with Crippen LogP contribution in [0.2, 0.25) is 0 Å². The highest BCUT2D eigenvalue weighted by Gasteiger charge is 2.07. The van der Waals surface area contributed by atoms with Crippen LogP contribution in [0.4, 0.5) is 0 Å². The van der Waals surface area contributed by atoms with E-state index in [-0.39, 0.29) is 27.9 Å². The van der Waals surface area contributed by atoms with Gasteiger partial charge in [0.2, 0.25) is 0 Å². The molecule has 0 aromatic heterocycles. The zero-order valence-corrected chi connectivity index (χ0v) is 7.08. The van der Waals surface area contributed by atoms with Crippen LogP contribution in [0.3, 0.4) is 0 Å². The molecule has 3 nitrogen and oxygen atoms in total. The fourth-order valence-corrected chi connectivity index (χ4v) is 1.26. The fourth-order valence-electron chi connectivity index (χ4n) is 0.776. The Labute approximate surface area is 93.4 Å². The van der Waals surface area contributed by atoms with Crippen LogP contribution in [0, 0.1) is 0 Å². The van der Waals surface area contributed by atoms with Gasteiger partial charge in [-0.2, -0.15) is 8.42 Å². The minimum absolute atomic E-state index is 0. The minimum Gasteiger partial charge on any atom is -0.282 e. The van der Waals surface area contributed by atoms with E-state index in [1.165, 1.54) is 12.1 Å². The van der Waals surface area contributed by atoms with E-state index in [0.717, 1.165) is 5.56 Å². The quantitative estimate of drug-likeness (QED) is 0.576. The maximum absolute atomic E-state index is 10.6. The van der Waals surface area contributed by atoms with Crippen molar-refractivity contribution in [2.24, 2.45) is 0 Å². The van der Waals surface area contributed by atoms with Gasteiger partial charge < -0.3 is 0 Å². The third-order valence-corrected chi connectivity index (χ3v) is 2.28. The van der Waals surface area contributed by atoms with Crippen molar-refractivity contribution in [3.05, 3.63) is 36.4 Å². The Morgan fingerprint density at radius 1 is 1.23 bits per heavy atom. The topological polar surface area (TPSA) is 54.4 Å². The highest BCUT2D eigenvalue weighted by atomic mass is 32.2. The summed E-state index contributed by atoms with van der Waals surface area (Å²) in [6.45, 7) is 3.51. The SMILES string of the molecule is C=Cc1ccc(S(=O)(=O)O)cc1.[MgH2]. The van der Waals surface area contributed by atoms with Crippen LogP contribution in [0.25, 0.3) is 6.08 Å². The van der Waals surface area contributed by atoms with Crippen LogP contribution in [0.5, 0.6) is 0 Å². The van der Waals surface area contributed by atoms with Crippen LogP contribution >= 0.6 is 0 Å². The second-order valence-corrected chi connectivity index (χ2v) is 3.67. The van der Waals surface area contributed by atoms with Crippen molar-refractivity contribution < 1.29 is 13.0 Å². The summed E-state index contributed by atoms with van der Waals surface area (Å²) in [7, 11) is -4.06. The molecule has 1 aromatic carbocycles. The van der Waals surface area contributed by atoms with Crippen molar-refractivity contribution in [2.75, 3.05) is 0 Å². The van der Waals surface area contributed by atoms with Crippen molar-refractivity contribution in [3.8, 4) is 0 Å². The van der Waals surface area contributed by atoms with Crippen molar-refractivity contribution in [3.63, 3.8) is 0 Å². The molecule has 68 valence electrons. The third-order valence-electron chi connectivity index (χ3n) is 1.41. The van der Waals surface area contributed by atoms with E-state index in [1.54, 1.807) is 18.2 Å². The predicted molar refractivity (Wildman–Crippen MR) is 54.9 cm³/mol. The molecule has 1 aromatic rings. The summed E-state index contributed by atoms with van der Waals surface area (Å²) in [6.07, 6.45) is 1.59. The summed E-state index contributed by atoms with van der Waals surface area (Å²) in [5.74, 6) is 0. The molecule has 1 rings (SSSR count). The van der Waals surface area contributed by atoms with Gasteiger partial charge >= 0.3 is 23.1 Å². The number of hydrogen-bond donors (Lipinski definition) is 1. The van der Waals surface area contributed by atoms with E-state index in [2.05, 4.69) is 6.58 Å². The van der Waals surface area contributed by atoms with Gasteiger partial charge in [0.15, 0.2) is 0 Å². The molecule has 0 heterocycles. The number of hydrogen-bond acceptors (Lipinski definition) is 2. The highest BCUT2D eigenvalue weighted by Crippen LogP contribution is 2.10. The molecule has 1 N–H and O–H groups in total. The molecule has 0 spiro atoms. The van der Waals surface area contributed by atoms with Crippen LogP contribution in [-0.2, 0) is 10.1 Å². The zero-order valence-electron chi connectivity index (χ0n) is 6.27. The van der Waals surface area contributed by atoms with Gasteiger partial charge in [0, 0.05) is 0 Å². The van der Waals surface area contributed by atoms with Gasteiger partial charge in [-0.1, -0.05) is 24.8 Å². The predicted octanol–water partition coefficient (Wildman–Crippen LogP) is 0.660. The molecule has 0 aliphatic rings. The molecule has 0 aliphatic carbocycles. The number of rotatable bonds is 2. The lowest BCUT2D eigenvalue weighted by Crippen LogP contribution is -1.96. The van der Waals surface area contributed by atoms with Crippen molar-refractivity contribution in [2.45, 2.75) is 4.90 Å². The Morgan fingerprint density at radius 2 is 1.69 bits per heavy atom. The molecule has 0 bridgehead atoms. The molecule has 0 fully saturated rings. The summed E-state index contributed by atoms with van der Waals surface area (Å²) in [4.78, 5) is -0.104. The molecule has 0 aliphatic heterocycles. The van der Waals surface area contributed by atoms with E-state index in [0.29, 0.717) is 0 Å². The van der Waals surface area contributed by atoms with Gasteiger partial charge in [-0.3, -0.25) is 4.55 Å². The standard InChI is InChI=1S/C8H8O3S.Mg.2H/c1-2-7-3-5-8(6-4-7)12(9,10)11;;;/h2-6H,1H2,(H,9,10,11);;;. The Kier molecular flexibility index (Phi) is 4.62. The first-order valence-electron chi connectivity index (χ1n) is 3.24. The van der Waals surface area contributed by atoms with Crippen LogP contribution in [0.1, 0.15) is 5.56 Å². The lowest BCUT2D eigenvalue weighted by molar-refractivity contribution is 0.483. The van der Waals surface area contributed by atoms with Crippen LogP contribution in [0.15, 0.2) is 35.7 Å². The molecular weight excluding hydrogens is 200 g/mol. The average molecular weight is 211 g/mol. The van der Waals surface area contributed by atoms with E-state index >= 15 is 0 Å². The highest BCUT2D eigenvalue weighted by molar-refractivity contribution is 7.85. The second-order valence-electron chi connectivity index (χ2n) is 2.25. The zero-order chi connectivity index (χ0) is 9.19. The molecule has 0 saturated heterocycles. The van der Waals surface area contributed by atoms with Crippen LogP contribution < -0.4 is 0 Å². The largest absolute Gasteiger partial charge is 0.316 e. The molecule has 0 atom stereocenters. The van der Waals surface area contributed by atoms with Crippen molar-refractivity contribution in [1.82, 2.24) is 0 Å². The summed E-state index contributed by atoms with van der Waals surface area (Å²) in [5.41, 5.74) is 0.808.